The van der Waals surface area contributed by atoms with Crippen molar-refractivity contribution in [2.24, 2.45) is 0 Å². The van der Waals surface area contributed by atoms with Crippen molar-refractivity contribution in [3.63, 3.8) is 0 Å². The zero-order valence-corrected chi connectivity index (χ0v) is 20.7. The number of rotatable bonds is 11. The molecule has 1 amide bonds. The predicted octanol–water partition coefficient (Wildman–Crippen LogP) is 4.05. The van der Waals surface area contributed by atoms with E-state index in [0.717, 1.165) is 5.56 Å². The van der Waals surface area contributed by atoms with Gasteiger partial charge in [-0.15, -0.1) is 0 Å². The molecule has 186 valence electrons. The van der Waals surface area contributed by atoms with Gasteiger partial charge in [-0.1, -0.05) is 19.9 Å². The Morgan fingerprint density at radius 3 is 2.46 bits per heavy atom. The van der Waals surface area contributed by atoms with Crippen LogP contribution < -0.4 is 14.8 Å². The zero-order valence-electron chi connectivity index (χ0n) is 19.9. The minimum Gasteiger partial charge on any atom is -0.506 e. The lowest BCUT2D eigenvalue weighted by molar-refractivity contribution is 0.102. The maximum Gasteiger partial charge on any atom is 0.255 e. The largest absolute Gasteiger partial charge is 0.506 e. The second-order valence-electron chi connectivity index (χ2n) is 7.47. The van der Waals surface area contributed by atoms with E-state index in [0.29, 0.717) is 31.2 Å². The number of aromatic nitrogens is 1. The summed E-state index contributed by atoms with van der Waals surface area (Å²) in [4.78, 5) is 17.0. The van der Waals surface area contributed by atoms with E-state index in [-0.39, 0.29) is 28.5 Å². The third kappa shape index (κ3) is 6.28. The summed E-state index contributed by atoms with van der Waals surface area (Å²) in [6.07, 6.45) is 3.37. The average molecular weight is 500 g/mol. The number of phenols is 1. The molecule has 0 spiro atoms. The number of amides is 1. The average Bonchev–Trinajstić information content (AvgIpc) is 2.85. The number of anilines is 1. The van der Waals surface area contributed by atoms with E-state index < -0.39 is 15.9 Å². The van der Waals surface area contributed by atoms with Crippen molar-refractivity contribution in [2.45, 2.75) is 32.3 Å². The molecule has 0 fully saturated rings. The summed E-state index contributed by atoms with van der Waals surface area (Å²) >= 11 is 0. The fourth-order valence-electron chi connectivity index (χ4n) is 3.36. The SMILES string of the molecule is CCOc1cc(C(=O)Nc2cc(S(=O)(=O)N(CC)CC)ccc2O)ccc1OCc1cccnc1. The molecule has 0 aliphatic carbocycles. The summed E-state index contributed by atoms with van der Waals surface area (Å²) in [6.45, 7) is 6.54. The Morgan fingerprint density at radius 2 is 1.80 bits per heavy atom. The van der Waals surface area contributed by atoms with Gasteiger partial charge < -0.3 is 19.9 Å². The number of nitrogens with zero attached hydrogens (tertiary/aromatic N) is 2. The quantitative estimate of drug-likeness (QED) is 0.382. The molecule has 10 heteroatoms. The van der Waals surface area contributed by atoms with Crippen molar-refractivity contribution in [1.82, 2.24) is 9.29 Å². The highest BCUT2D eigenvalue weighted by atomic mass is 32.2. The summed E-state index contributed by atoms with van der Waals surface area (Å²) < 4.78 is 38.4. The Bertz CT molecular complexity index is 1260. The number of nitrogens with one attached hydrogen (secondary N) is 1. The van der Waals surface area contributed by atoms with Crippen LogP contribution in [-0.2, 0) is 16.6 Å². The molecule has 2 aromatic carbocycles. The van der Waals surface area contributed by atoms with Crippen molar-refractivity contribution in [3.8, 4) is 17.2 Å². The standard InChI is InChI=1S/C25H29N3O6S/c1-4-28(5-2)35(31,32)20-10-11-22(29)21(15-20)27-25(30)19-9-12-23(24(14-19)33-6-3)34-17-18-8-7-13-26-16-18/h7-16,29H,4-6,17H2,1-3H3,(H,27,30). The van der Waals surface area contributed by atoms with Crippen molar-refractivity contribution >= 4 is 21.6 Å². The summed E-state index contributed by atoms with van der Waals surface area (Å²) in [5.41, 5.74) is 1.11. The van der Waals surface area contributed by atoms with E-state index >= 15 is 0 Å². The van der Waals surface area contributed by atoms with Gasteiger partial charge in [0.2, 0.25) is 10.0 Å². The fraction of sp³-hybridized carbons (Fsp3) is 0.280. The Balaban J connectivity index is 1.82. The molecule has 9 nitrogen and oxygen atoms in total. The van der Waals surface area contributed by atoms with Gasteiger partial charge >= 0.3 is 0 Å². The van der Waals surface area contributed by atoms with Crippen LogP contribution in [0.25, 0.3) is 0 Å². The number of hydrogen-bond donors (Lipinski definition) is 2. The monoisotopic (exact) mass is 499 g/mol. The lowest BCUT2D eigenvalue weighted by atomic mass is 10.1. The van der Waals surface area contributed by atoms with Crippen LogP contribution >= 0.6 is 0 Å². The maximum absolute atomic E-state index is 12.9. The molecule has 0 saturated carbocycles. The highest BCUT2D eigenvalue weighted by Crippen LogP contribution is 2.31. The molecule has 2 N–H and O–H groups in total. The number of ether oxygens (including phenoxy) is 2. The first-order valence-corrected chi connectivity index (χ1v) is 12.7. The zero-order chi connectivity index (χ0) is 25.4. The van der Waals surface area contributed by atoms with Gasteiger partial charge in [-0.05, 0) is 49.4 Å². The summed E-state index contributed by atoms with van der Waals surface area (Å²) in [5, 5.41) is 12.8. The smallest absolute Gasteiger partial charge is 0.255 e. The van der Waals surface area contributed by atoms with E-state index in [2.05, 4.69) is 10.3 Å². The second-order valence-corrected chi connectivity index (χ2v) is 9.40. The Kier molecular flexibility index (Phi) is 8.67. The van der Waals surface area contributed by atoms with Gasteiger partial charge in [0.1, 0.15) is 12.4 Å². The van der Waals surface area contributed by atoms with Crippen LogP contribution in [0.5, 0.6) is 17.2 Å². The van der Waals surface area contributed by atoms with Crippen LogP contribution in [0.1, 0.15) is 36.7 Å². The molecular weight excluding hydrogens is 470 g/mol. The van der Waals surface area contributed by atoms with Gasteiger partial charge in [0.15, 0.2) is 11.5 Å². The number of benzene rings is 2. The first-order chi connectivity index (χ1) is 16.8. The molecule has 1 heterocycles. The minimum atomic E-state index is -3.76. The molecule has 3 aromatic rings. The molecule has 0 bridgehead atoms. The van der Waals surface area contributed by atoms with Gasteiger partial charge in [-0.2, -0.15) is 4.31 Å². The number of phenolic OH excluding ortho intramolecular Hbond substituents is 1. The van der Waals surface area contributed by atoms with Crippen molar-refractivity contribution < 1.29 is 27.8 Å². The topological polar surface area (TPSA) is 118 Å². The summed E-state index contributed by atoms with van der Waals surface area (Å²) in [5.74, 6) is 0.0456. The van der Waals surface area contributed by atoms with Gasteiger partial charge in [0.05, 0.1) is 17.2 Å². The Labute approximate surface area is 205 Å². The summed E-state index contributed by atoms with van der Waals surface area (Å²) in [6, 6.07) is 12.2. The van der Waals surface area contributed by atoms with E-state index in [1.165, 1.54) is 28.6 Å². The molecular formula is C25H29N3O6S. The van der Waals surface area contributed by atoms with Gasteiger partial charge in [-0.3, -0.25) is 9.78 Å². The van der Waals surface area contributed by atoms with E-state index in [4.69, 9.17) is 9.47 Å². The Hall–Kier alpha value is -3.63. The van der Waals surface area contributed by atoms with Crippen molar-refractivity contribution in [2.75, 3.05) is 25.0 Å². The number of carbonyl (C=O) groups is 1. The second kappa shape index (κ2) is 11.7. The van der Waals surface area contributed by atoms with Gasteiger partial charge in [0.25, 0.3) is 5.91 Å². The molecule has 3 rings (SSSR count). The highest BCUT2D eigenvalue weighted by molar-refractivity contribution is 7.89. The van der Waals surface area contributed by atoms with Crippen LogP contribution in [0, 0.1) is 0 Å². The lowest BCUT2D eigenvalue weighted by Crippen LogP contribution is -2.30. The molecule has 0 radical (unpaired) electrons. The maximum atomic E-state index is 12.9. The number of carbonyl (C=O) groups excluding carboxylic acids is 1. The van der Waals surface area contributed by atoms with Crippen molar-refractivity contribution in [3.05, 3.63) is 72.1 Å². The van der Waals surface area contributed by atoms with E-state index in [1.807, 2.05) is 19.1 Å². The normalized spacial score (nSPS) is 11.3. The molecule has 0 unspecified atom stereocenters. The predicted molar refractivity (Wildman–Crippen MR) is 132 cm³/mol. The third-order valence-electron chi connectivity index (χ3n) is 5.18. The van der Waals surface area contributed by atoms with Crippen LogP contribution in [-0.4, -0.2) is 48.4 Å². The summed E-state index contributed by atoms with van der Waals surface area (Å²) in [7, 11) is -3.76. The highest BCUT2D eigenvalue weighted by Gasteiger charge is 2.23. The number of pyridine rings is 1. The van der Waals surface area contributed by atoms with Gasteiger partial charge in [0, 0.05) is 36.6 Å². The van der Waals surface area contributed by atoms with Crippen LogP contribution in [0.4, 0.5) is 5.69 Å². The van der Waals surface area contributed by atoms with Crippen LogP contribution in [0.3, 0.4) is 0 Å². The van der Waals surface area contributed by atoms with Crippen LogP contribution in [0.2, 0.25) is 0 Å². The van der Waals surface area contributed by atoms with Crippen LogP contribution in [0.15, 0.2) is 65.8 Å². The van der Waals surface area contributed by atoms with Gasteiger partial charge in [-0.25, -0.2) is 8.42 Å². The fourth-order valence-corrected chi connectivity index (χ4v) is 4.85. The lowest BCUT2D eigenvalue weighted by Gasteiger charge is -2.19. The number of hydrogen-bond acceptors (Lipinski definition) is 7. The third-order valence-corrected chi connectivity index (χ3v) is 7.23. The van der Waals surface area contributed by atoms with Crippen molar-refractivity contribution in [1.29, 1.82) is 0 Å². The first-order valence-electron chi connectivity index (χ1n) is 11.2. The molecule has 0 saturated heterocycles. The Morgan fingerprint density at radius 1 is 1.03 bits per heavy atom. The van der Waals surface area contributed by atoms with E-state index in [1.54, 1.807) is 38.4 Å². The molecule has 0 atom stereocenters. The number of sulfonamides is 1. The first kappa shape index (κ1) is 26.0. The number of aromatic hydroxyl groups is 1. The molecule has 0 aliphatic heterocycles. The van der Waals surface area contributed by atoms with E-state index in [9.17, 15) is 18.3 Å². The molecule has 35 heavy (non-hydrogen) atoms. The molecule has 0 aliphatic rings. The molecule has 1 aromatic heterocycles. The minimum absolute atomic E-state index is 0.0157.